The maximum atomic E-state index is 12.4. The van der Waals surface area contributed by atoms with Crippen molar-refractivity contribution in [2.75, 3.05) is 13.1 Å². The molecule has 0 bridgehead atoms. The number of carbonyl (C=O) groups excluding carboxylic acids is 1. The van der Waals surface area contributed by atoms with Crippen molar-refractivity contribution in [3.8, 4) is 0 Å². The Bertz CT molecular complexity index is 451. The number of ether oxygens (including phenoxy) is 1. The lowest BCUT2D eigenvalue weighted by atomic mass is 10.0. The summed E-state index contributed by atoms with van der Waals surface area (Å²) in [7, 11) is 0. The van der Waals surface area contributed by atoms with Gasteiger partial charge in [-0.1, -0.05) is 18.5 Å². The van der Waals surface area contributed by atoms with Crippen LogP contribution < -0.4 is 0 Å². The van der Waals surface area contributed by atoms with Crippen molar-refractivity contribution in [3.63, 3.8) is 0 Å². The predicted molar refractivity (Wildman–Crippen MR) is 80.0 cm³/mol. The molecule has 5 heteroatoms. The number of aromatic nitrogens is 1. The second-order valence-electron chi connectivity index (χ2n) is 6.75. The van der Waals surface area contributed by atoms with Crippen LogP contribution in [0.2, 0.25) is 0 Å². The Labute approximate surface area is 126 Å². The molecule has 2 unspecified atom stereocenters. The molecule has 0 saturated carbocycles. The number of esters is 1. The lowest BCUT2D eigenvalue weighted by Crippen LogP contribution is -2.40. The number of nitrogens with zero attached hydrogens (tertiary/aromatic N) is 2. The molecule has 1 aromatic heterocycles. The first-order valence-corrected chi connectivity index (χ1v) is 7.78. The van der Waals surface area contributed by atoms with Crippen LogP contribution in [0.25, 0.3) is 0 Å². The first-order valence-electron chi connectivity index (χ1n) is 7.78. The third kappa shape index (κ3) is 4.30. The Morgan fingerprint density at radius 2 is 2.29 bits per heavy atom. The molecule has 1 aliphatic rings. The number of hydrogen-bond acceptors (Lipinski definition) is 5. The van der Waals surface area contributed by atoms with Crippen molar-refractivity contribution < 1.29 is 14.1 Å². The molecule has 2 rings (SSSR count). The van der Waals surface area contributed by atoms with E-state index in [1.165, 1.54) is 0 Å². The molecule has 21 heavy (non-hydrogen) atoms. The van der Waals surface area contributed by atoms with Crippen LogP contribution in [0, 0.1) is 0 Å². The minimum Gasteiger partial charge on any atom is -0.459 e. The summed E-state index contributed by atoms with van der Waals surface area (Å²) in [6, 6.07) is 1.71. The van der Waals surface area contributed by atoms with Crippen LogP contribution in [0.3, 0.4) is 0 Å². The van der Waals surface area contributed by atoms with Gasteiger partial charge in [-0.3, -0.25) is 9.69 Å². The van der Waals surface area contributed by atoms with Crippen LogP contribution in [0.5, 0.6) is 0 Å². The average molecular weight is 294 g/mol. The molecule has 5 nitrogen and oxygen atoms in total. The largest absolute Gasteiger partial charge is 0.459 e. The first kappa shape index (κ1) is 16.0. The molecule has 2 atom stereocenters. The van der Waals surface area contributed by atoms with Gasteiger partial charge in [0.2, 0.25) is 0 Å². The monoisotopic (exact) mass is 294 g/mol. The fourth-order valence-electron chi connectivity index (χ4n) is 2.77. The van der Waals surface area contributed by atoms with Gasteiger partial charge >= 0.3 is 5.97 Å². The van der Waals surface area contributed by atoms with Gasteiger partial charge in [0.15, 0.2) is 0 Å². The van der Waals surface area contributed by atoms with Crippen molar-refractivity contribution in [2.45, 2.75) is 64.5 Å². The molecule has 0 amide bonds. The summed E-state index contributed by atoms with van der Waals surface area (Å²) in [5, 5.41) is 3.77. The van der Waals surface area contributed by atoms with E-state index in [4.69, 9.17) is 9.26 Å². The smallest absolute Gasteiger partial charge is 0.323 e. The third-order valence-electron chi connectivity index (χ3n) is 3.74. The van der Waals surface area contributed by atoms with Gasteiger partial charge < -0.3 is 9.26 Å². The maximum absolute atomic E-state index is 12.4. The third-order valence-corrected chi connectivity index (χ3v) is 3.74. The number of hydrogen-bond donors (Lipinski definition) is 0. The van der Waals surface area contributed by atoms with Gasteiger partial charge in [-0.2, -0.15) is 0 Å². The van der Waals surface area contributed by atoms with Gasteiger partial charge in [0.05, 0.1) is 6.20 Å². The van der Waals surface area contributed by atoms with Crippen LogP contribution in [0.1, 0.15) is 58.6 Å². The van der Waals surface area contributed by atoms with E-state index in [1.54, 1.807) is 6.20 Å². The molecule has 1 aromatic rings. The quantitative estimate of drug-likeness (QED) is 0.781. The number of carbonyl (C=O) groups is 1. The summed E-state index contributed by atoms with van der Waals surface area (Å²) in [6.07, 6.45) is 4.60. The van der Waals surface area contributed by atoms with Crippen LogP contribution in [-0.2, 0) is 9.53 Å². The molecule has 1 saturated heterocycles. The molecule has 0 aromatic carbocycles. The predicted octanol–water partition coefficient (Wildman–Crippen LogP) is 2.97. The molecule has 0 radical (unpaired) electrons. The Kier molecular flexibility index (Phi) is 5.04. The molecule has 0 spiro atoms. The highest BCUT2D eigenvalue weighted by Crippen LogP contribution is 2.33. The number of unbranched alkanes of at least 4 members (excludes halogenated alkanes) is 1. The summed E-state index contributed by atoms with van der Waals surface area (Å²) in [4.78, 5) is 14.7. The van der Waals surface area contributed by atoms with E-state index in [1.807, 2.05) is 26.8 Å². The fourth-order valence-corrected chi connectivity index (χ4v) is 2.77. The summed E-state index contributed by atoms with van der Waals surface area (Å²) in [5.41, 5.74) is -0.447. The van der Waals surface area contributed by atoms with Crippen LogP contribution in [0.4, 0.5) is 0 Å². The second kappa shape index (κ2) is 6.60. The zero-order valence-corrected chi connectivity index (χ0v) is 13.5. The molecule has 2 heterocycles. The standard InChI is InChI=1S/C16H26N2O3/c1-5-6-9-18-11-12(14-7-8-17-21-14)10-13(18)15(19)20-16(2,3)4/h7-8,12-13H,5-6,9-11H2,1-4H3. The lowest BCUT2D eigenvalue weighted by Gasteiger charge is -2.27. The first-order chi connectivity index (χ1) is 9.90. The summed E-state index contributed by atoms with van der Waals surface area (Å²) in [6.45, 7) is 9.63. The Balaban J connectivity index is 2.06. The Hall–Kier alpha value is -1.36. The highest BCUT2D eigenvalue weighted by atomic mass is 16.6. The molecule has 0 N–H and O–H groups in total. The molecular formula is C16H26N2O3. The molecule has 1 aliphatic heterocycles. The van der Waals surface area contributed by atoms with E-state index in [9.17, 15) is 4.79 Å². The zero-order valence-electron chi connectivity index (χ0n) is 13.5. The van der Waals surface area contributed by atoms with Gasteiger partial charge in [0.1, 0.15) is 17.4 Å². The normalized spacial score (nSPS) is 23.4. The summed E-state index contributed by atoms with van der Waals surface area (Å²) >= 11 is 0. The van der Waals surface area contributed by atoms with Crippen LogP contribution in [-0.4, -0.2) is 40.8 Å². The molecule has 0 aliphatic carbocycles. The van der Waals surface area contributed by atoms with Crippen molar-refractivity contribution in [2.24, 2.45) is 0 Å². The molecular weight excluding hydrogens is 268 g/mol. The van der Waals surface area contributed by atoms with E-state index >= 15 is 0 Å². The fraction of sp³-hybridized carbons (Fsp3) is 0.750. The van der Waals surface area contributed by atoms with E-state index in [-0.39, 0.29) is 17.9 Å². The lowest BCUT2D eigenvalue weighted by molar-refractivity contribution is -0.160. The zero-order chi connectivity index (χ0) is 15.5. The van der Waals surface area contributed by atoms with E-state index in [0.29, 0.717) is 0 Å². The van der Waals surface area contributed by atoms with Gasteiger partial charge in [0.25, 0.3) is 0 Å². The minimum absolute atomic E-state index is 0.124. The van der Waals surface area contributed by atoms with E-state index in [0.717, 1.165) is 38.1 Å². The SMILES string of the molecule is CCCCN1CC(c2ccno2)CC1C(=O)OC(C)(C)C. The van der Waals surface area contributed by atoms with Gasteiger partial charge in [-0.05, 0) is 40.2 Å². The van der Waals surface area contributed by atoms with E-state index < -0.39 is 5.60 Å². The topological polar surface area (TPSA) is 55.6 Å². The van der Waals surface area contributed by atoms with Gasteiger partial charge in [-0.25, -0.2) is 0 Å². The highest BCUT2D eigenvalue weighted by molar-refractivity contribution is 5.76. The molecule has 1 fully saturated rings. The minimum atomic E-state index is -0.447. The Morgan fingerprint density at radius 1 is 1.52 bits per heavy atom. The number of rotatable bonds is 5. The molecule has 118 valence electrons. The average Bonchev–Trinajstić information content (AvgIpc) is 3.03. The van der Waals surface area contributed by atoms with Crippen LogP contribution in [0.15, 0.2) is 16.8 Å². The second-order valence-corrected chi connectivity index (χ2v) is 6.75. The van der Waals surface area contributed by atoms with Crippen LogP contribution >= 0.6 is 0 Å². The summed E-state index contributed by atoms with van der Waals surface area (Å²) in [5.74, 6) is 0.963. The van der Waals surface area contributed by atoms with Crippen molar-refractivity contribution in [1.29, 1.82) is 0 Å². The van der Waals surface area contributed by atoms with Gasteiger partial charge in [0, 0.05) is 18.5 Å². The highest BCUT2D eigenvalue weighted by Gasteiger charge is 2.40. The number of likely N-dealkylation sites (tertiary alicyclic amines) is 1. The van der Waals surface area contributed by atoms with Crippen molar-refractivity contribution in [1.82, 2.24) is 10.1 Å². The Morgan fingerprint density at radius 3 is 2.86 bits per heavy atom. The summed E-state index contributed by atoms with van der Waals surface area (Å²) < 4.78 is 10.8. The van der Waals surface area contributed by atoms with Crippen molar-refractivity contribution in [3.05, 3.63) is 18.0 Å². The van der Waals surface area contributed by atoms with Gasteiger partial charge in [-0.15, -0.1) is 0 Å². The maximum Gasteiger partial charge on any atom is 0.323 e. The van der Waals surface area contributed by atoms with Crippen molar-refractivity contribution >= 4 is 5.97 Å². The van der Waals surface area contributed by atoms with E-state index in [2.05, 4.69) is 17.0 Å².